The van der Waals surface area contributed by atoms with Gasteiger partial charge < -0.3 is 0 Å². The molecule has 9 aromatic rings. The van der Waals surface area contributed by atoms with Crippen LogP contribution in [0.15, 0.2) is 176 Å². The van der Waals surface area contributed by atoms with Gasteiger partial charge in [0.1, 0.15) is 0 Å². The summed E-state index contributed by atoms with van der Waals surface area (Å²) in [6, 6.07) is 63.0. The first-order valence-electron chi connectivity index (χ1n) is 17.2. The van der Waals surface area contributed by atoms with Gasteiger partial charge in [-0.05, 0) is 32.7 Å². The van der Waals surface area contributed by atoms with Crippen LogP contribution in [0.1, 0.15) is 11.1 Å². The first-order chi connectivity index (χ1) is 24.9. The van der Waals surface area contributed by atoms with E-state index in [1.54, 1.807) is 0 Å². The molecular formula is C47H38Cl2GeHf-2. The zero-order chi connectivity index (χ0) is 35.3. The van der Waals surface area contributed by atoms with Crippen LogP contribution >= 0.6 is 17.2 Å². The topological polar surface area (TPSA) is 0 Å². The summed E-state index contributed by atoms with van der Waals surface area (Å²) < 4.78 is 1.44. The second-order valence-electron chi connectivity index (χ2n) is 13.0. The first-order valence-corrected chi connectivity index (χ1v) is 39.7. The van der Waals surface area contributed by atoms with E-state index >= 15 is 0 Å². The third kappa shape index (κ3) is 8.03. The van der Waals surface area contributed by atoms with Crippen LogP contribution in [0.3, 0.4) is 0 Å². The standard InChI is InChI=1S/2C20H15.C7H8Ge.2ClH.Hf/c2*1-14-12-16-8-5-11-19(20(16)13-14)18-10-4-7-15-6-2-3-9-17(15)18;1-8-7-5-3-2-4-6-7;;;/h2*2-13H,1H3;2-6H,1H3;2*1H;/q2*-1;;;;+2/p-2. The molecule has 0 nitrogen and oxygen atoms in total. The fourth-order valence-corrected chi connectivity index (χ4v) is 25.3. The van der Waals surface area contributed by atoms with Crippen molar-refractivity contribution in [3.63, 3.8) is 0 Å². The summed E-state index contributed by atoms with van der Waals surface area (Å²) in [5.41, 5.74) is 7.94. The van der Waals surface area contributed by atoms with E-state index in [-0.39, 0.29) is 0 Å². The van der Waals surface area contributed by atoms with E-state index in [9.17, 15) is 0 Å². The van der Waals surface area contributed by atoms with Crippen molar-refractivity contribution in [1.82, 2.24) is 0 Å². The van der Waals surface area contributed by atoms with Gasteiger partial charge in [0.2, 0.25) is 0 Å². The molecule has 0 heterocycles. The molecule has 51 heavy (non-hydrogen) atoms. The van der Waals surface area contributed by atoms with Crippen molar-refractivity contribution in [1.29, 1.82) is 0 Å². The van der Waals surface area contributed by atoms with E-state index in [2.05, 4.69) is 189 Å². The maximum absolute atomic E-state index is 6.02. The van der Waals surface area contributed by atoms with Crippen molar-refractivity contribution < 1.29 is 16.0 Å². The summed E-state index contributed by atoms with van der Waals surface area (Å²) in [6.45, 7) is 4.32. The monoisotopic (exact) mass is 926 g/mol. The zero-order valence-corrected chi connectivity index (χ0v) is 36.2. The number of hydrogen-bond acceptors (Lipinski definition) is 0. The fraction of sp³-hybridized carbons (Fsp3) is 0.0638. The summed E-state index contributed by atoms with van der Waals surface area (Å²) >= 11 is -2.03. The summed E-state index contributed by atoms with van der Waals surface area (Å²) in [5.74, 6) is 2.28. The Kier molecular flexibility index (Phi) is 11.4. The molecule has 0 fully saturated rings. The van der Waals surface area contributed by atoms with Gasteiger partial charge in [-0.1, -0.05) is 122 Å². The molecule has 0 bridgehead atoms. The Morgan fingerprint density at radius 2 is 0.804 bits per heavy atom. The summed E-state index contributed by atoms with van der Waals surface area (Å²) in [5, 5.41) is 10.6. The molecule has 0 saturated heterocycles. The molecule has 0 radical (unpaired) electrons. The quantitative estimate of drug-likeness (QED) is 0.122. The van der Waals surface area contributed by atoms with Crippen LogP contribution in [0.2, 0.25) is 5.76 Å². The van der Waals surface area contributed by atoms with Gasteiger partial charge in [0.05, 0.1) is 0 Å². The van der Waals surface area contributed by atoms with Gasteiger partial charge in [-0.3, -0.25) is 0 Å². The van der Waals surface area contributed by atoms with Crippen molar-refractivity contribution in [2.45, 2.75) is 19.6 Å². The number of hydrogen-bond donors (Lipinski definition) is 0. The Balaban J connectivity index is 0.000000125. The van der Waals surface area contributed by atoms with Crippen LogP contribution in [0.5, 0.6) is 0 Å². The number of benzene rings is 7. The van der Waals surface area contributed by atoms with Gasteiger partial charge in [0.25, 0.3) is 0 Å². The van der Waals surface area contributed by atoms with E-state index < -0.39 is 26.0 Å². The van der Waals surface area contributed by atoms with Crippen molar-refractivity contribution in [3.05, 3.63) is 187 Å². The minimum atomic E-state index is -2.03. The molecule has 0 amide bonds. The zero-order valence-electron chi connectivity index (χ0n) is 29.0. The van der Waals surface area contributed by atoms with E-state index in [1.165, 1.54) is 80.9 Å². The van der Waals surface area contributed by atoms with Crippen LogP contribution in [0.25, 0.3) is 65.3 Å². The SMILES string of the molecule is Cc1cc2c(-c3cccc4ccccc34)cccc2[cH-]1.Cc1cc2c(-c3cccc4ccccc34)cccc2[cH-]1.[CH3][Ge]([c]1ccccc1)=[Hf]([Cl])[Cl]. The summed E-state index contributed by atoms with van der Waals surface area (Å²) in [7, 11) is 10.9. The fourth-order valence-electron chi connectivity index (χ4n) is 6.96. The molecule has 0 N–H and O–H groups in total. The van der Waals surface area contributed by atoms with Crippen LogP contribution < -0.4 is 4.40 Å². The molecule has 9 rings (SSSR count). The first kappa shape index (κ1) is 35.7. The van der Waals surface area contributed by atoms with Crippen molar-refractivity contribution in [2.75, 3.05) is 0 Å². The molecule has 0 aliphatic heterocycles. The van der Waals surface area contributed by atoms with Crippen LogP contribution in [0, 0.1) is 13.8 Å². The van der Waals surface area contributed by atoms with Crippen molar-refractivity contribution in [3.8, 4) is 22.3 Å². The van der Waals surface area contributed by atoms with Crippen LogP contribution in [-0.2, 0) is 16.0 Å². The third-order valence-corrected chi connectivity index (χ3v) is 53.2. The summed E-state index contributed by atoms with van der Waals surface area (Å²) in [4.78, 5) is 0. The van der Waals surface area contributed by atoms with Crippen molar-refractivity contribution in [2.24, 2.45) is 0 Å². The average molecular weight is 925 g/mol. The van der Waals surface area contributed by atoms with E-state index in [0.717, 1.165) is 0 Å². The third-order valence-electron chi connectivity index (χ3n) is 9.44. The Hall–Kier alpha value is -3.73. The van der Waals surface area contributed by atoms with Crippen LogP contribution in [-0.4, -0.2) is 10.1 Å². The van der Waals surface area contributed by atoms with Crippen molar-refractivity contribution >= 4 is 74.7 Å². The molecule has 0 aromatic heterocycles. The number of rotatable bonds is 3. The molecule has 0 saturated carbocycles. The molecule has 9 aromatic carbocycles. The number of halogens is 2. The average Bonchev–Trinajstić information content (AvgIpc) is 3.75. The van der Waals surface area contributed by atoms with E-state index in [0.29, 0.717) is 0 Å². The second-order valence-corrected chi connectivity index (χ2v) is 59.9. The van der Waals surface area contributed by atoms with E-state index in [1.807, 2.05) is 6.07 Å². The van der Waals surface area contributed by atoms with Gasteiger partial charge in [0.15, 0.2) is 0 Å². The number of fused-ring (bicyclic) bond motifs is 4. The molecule has 0 atom stereocenters. The minimum absolute atomic E-state index is 1.15. The maximum atomic E-state index is 6.02. The molecule has 0 aliphatic carbocycles. The van der Waals surface area contributed by atoms with Crippen LogP contribution in [0.4, 0.5) is 0 Å². The second kappa shape index (κ2) is 16.3. The summed E-state index contributed by atoms with van der Waals surface area (Å²) in [6.07, 6.45) is 0. The Bertz CT molecular complexity index is 2480. The van der Waals surface area contributed by atoms with Gasteiger partial charge in [0, 0.05) is 0 Å². The normalized spacial score (nSPS) is 10.8. The van der Waals surface area contributed by atoms with Gasteiger partial charge in [-0.15, -0.1) is 69.1 Å². The molecule has 0 unspecified atom stereocenters. The molecular weight excluding hydrogens is 887 g/mol. The Morgan fingerprint density at radius 3 is 1.25 bits per heavy atom. The molecule has 4 heteroatoms. The predicted octanol–water partition coefficient (Wildman–Crippen LogP) is 13.8. The molecule has 250 valence electrons. The Morgan fingerprint density at radius 1 is 0.431 bits per heavy atom. The van der Waals surface area contributed by atoms with Gasteiger partial charge >= 0.3 is 83.7 Å². The van der Waals surface area contributed by atoms with Gasteiger partial charge in [-0.25, -0.2) is 0 Å². The van der Waals surface area contributed by atoms with E-state index in [4.69, 9.17) is 17.2 Å². The van der Waals surface area contributed by atoms with Gasteiger partial charge in [-0.2, -0.15) is 12.1 Å². The molecule has 0 spiro atoms. The predicted molar refractivity (Wildman–Crippen MR) is 224 cm³/mol. The Labute approximate surface area is 316 Å². The molecule has 0 aliphatic rings. The number of aryl methyl sites for hydroxylation is 2.